The number of nitrogens with one attached hydrogen (secondary N) is 1. The number of amides is 2. The number of rotatable bonds is 5. The molecule has 3 N–H and O–H groups in total. The first-order chi connectivity index (χ1) is 11.6. The summed E-state index contributed by atoms with van der Waals surface area (Å²) in [7, 11) is 0. The quantitative estimate of drug-likeness (QED) is 0.818. The van der Waals surface area contributed by atoms with Gasteiger partial charge in [0, 0.05) is 42.1 Å². The molecule has 0 spiro atoms. The normalized spacial score (nSPS) is 24.7. The summed E-state index contributed by atoms with van der Waals surface area (Å²) in [6.45, 7) is 3.93. The number of carbonyl (C=O) groups is 2. The van der Waals surface area contributed by atoms with Crippen LogP contribution in [0.15, 0.2) is 24.3 Å². The fourth-order valence-electron chi connectivity index (χ4n) is 3.30. The highest BCUT2D eigenvalue weighted by Gasteiger charge is 2.40. The molecule has 2 fully saturated rings. The first kappa shape index (κ1) is 17.3. The van der Waals surface area contributed by atoms with E-state index in [4.69, 9.17) is 10.5 Å². The van der Waals surface area contributed by atoms with Crippen LogP contribution in [0.25, 0.3) is 0 Å². The van der Waals surface area contributed by atoms with Crippen molar-refractivity contribution in [1.29, 1.82) is 0 Å². The summed E-state index contributed by atoms with van der Waals surface area (Å²) >= 11 is 1.93. The summed E-state index contributed by atoms with van der Waals surface area (Å²) < 4.78 is 5.46. The average molecular weight is 349 g/mol. The molecule has 0 bridgehead atoms. The summed E-state index contributed by atoms with van der Waals surface area (Å²) in [5.74, 6) is 1.45. The minimum absolute atomic E-state index is 0.00536. The molecular formula is C17H23N3O3S. The van der Waals surface area contributed by atoms with Gasteiger partial charge in [-0.25, -0.2) is 0 Å². The Hall–Kier alpha value is -1.57. The van der Waals surface area contributed by atoms with Crippen LogP contribution in [0.2, 0.25) is 0 Å². The van der Waals surface area contributed by atoms with Crippen molar-refractivity contribution in [3.8, 4) is 0 Å². The number of carbonyl (C=O) groups excluding carboxylic acids is 2. The van der Waals surface area contributed by atoms with Crippen LogP contribution in [0.4, 0.5) is 0 Å². The van der Waals surface area contributed by atoms with Gasteiger partial charge in [-0.15, -0.1) is 0 Å². The van der Waals surface area contributed by atoms with E-state index in [1.54, 1.807) is 24.3 Å². The Morgan fingerprint density at radius 2 is 2.04 bits per heavy atom. The van der Waals surface area contributed by atoms with Gasteiger partial charge in [-0.2, -0.15) is 11.8 Å². The second-order valence-corrected chi connectivity index (χ2v) is 7.36. The lowest BCUT2D eigenvalue weighted by molar-refractivity contribution is -0.0129. The average Bonchev–Trinajstić information content (AvgIpc) is 3.11. The monoisotopic (exact) mass is 349 g/mol. The number of hydrogen-bond acceptors (Lipinski definition) is 5. The highest BCUT2D eigenvalue weighted by Crippen LogP contribution is 2.33. The summed E-state index contributed by atoms with van der Waals surface area (Å²) in [6, 6.07) is 6.54. The number of benzene rings is 1. The lowest BCUT2D eigenvalue weighted by atomic mass is 9.95. The van der Waals surface area contributed by atoms with Crippen molar-refractivity contribution in [2.24, 2.45) is 5.73 Å². The molecule has 2 saturated heterocycles. The Morgan fingerprint density at radius 1 is 1.29 bits per heavy atom. The zero-order chi connectivity index (χ0) is 17.0. The molecular weight excluding hydrogens is 326 g/mol. The Bertz CT molecular complexity index is 611. The van der Waals surface area contributed by atoms with E-state index in [-0.39, 0.29) is 11.4 Å². The van der Waals surface area contributed by atoms with Crippen LogP contribution < -0.4 is 11.1 Å². The number of nitrogens with two attached hydrogens (primary N) is 1. The molecule has 24 heavy (non-hydrogen) atoms. The van der Waals surface area contributed by atoms with E-state index in [1.807, 2.05) is 11.8 Å². The molecule has 6 nitrogen and oxygen atoms in total. The highest BCUT2D eigenvalue weighted by molar-refractivity contribution is 7.99. The van der Waals surface area contributed by atoms with E-state index in [1.165, 1.54) is 0 Å². The Labute approximate surface area is 146 Å². The predicted octanol–water partition coefficient (Wildman–Crippen LogP) is 0.723. The first-order valence-corrected chi connectivity index (χ1v) is 9.35. The lowest BCUT2D eigenvalue weighted by Crippen LogP contribution is -2.59. The molecule has 0 aromatic heterocycles. The standard InChI is InChI=1S/C17H23N3O3S/c18-15(21)13-2-1-3-14(10-13)16(22)19-11-17(4-9-24-12-17)20-5-7-23-8-6-20/h1-3,10H,4-9,11-12H2,(H2,18,21)(H,19,22). The van der Waals surface area contributed by atoms with E-state index in [2.05, 4.69) is 10.2 Å². The molecule has 0 aliphatic carbocycles. The summed E-state index contributed by atoms with van der Waals surface area (Å²) in [5, 5.41) is 3.06. The van der Waals surface area contributed by atoms with Crippen LogP contribution in [0.5, 0.6) is 0 Å². The van der Waals surface area contributed by atoms with Gasteiger partial charge in [-0.05, 0) is 30.4 Å². The molecule has 1 aromatic carbocycles. The maximum absolute atomic E-state index is 12.5. The van der Waals surface area contributed by atoms with E-state index >= 15 is 0 Å². The van der Waals surface area contributed by atoms with Crippen molar-refractivity contribution < 1.29 is 14.3 Å². The topological polar surface area (TPSA) is 84.7 Å². The molecule has 130 valence electrons. The molecule has 7 heteroatoms. The number of hydrogen-bond donors (Lipinski definition) is 2. The third-order valence-electron chi connectivity index (χ3n) is 4.75. The van der Waals surface area contributed by atoms with E-state index in [9.17, 15) is 9.59 Å². The number of primary amides is 1. The summed E-state index contributed by atoms with van der Waals surface area (Å²) in [5.41, 5.74) is 6.10. The Balaban J connectivity index is 1.67. The maximum atomic E-state index is 12.5. The fraction of sp³-hybridized carbons (Fsp3) is 0.529. The molecule has 1 unspecified atom stereocenters. The van der Waals surface area contributed by atoms with Crippen LogP contribution in [0.3, 0.4) is 0 Å². The van der Waals surface area contributed by atoms with Crippen LogP contribution in [-0.4, -0.2) is 66.6 Å². The van der Waals surface area contributed by atoms with Crippen molar-refractivity contribution >= 4 is 23.6 Å². The number of nitrogens with zero attached hydrogens (tertiary/aromatic N) is 1. The van der Waals surface area contributed by atoms with Gasteiger partial charge in [0.1, 0.15) is 0 Å². The van der Waals surface area contributed by atoms with Gasteiger partial charge in [0.05, 0.1) is 13.2 Å². The van der Waals surface area contributed by atoms with E-state index in [0.717, 1.165) is 44.2 Å². The Morgan fingerprint density at radius 3 is 2.71 bits per heavy atom. The molecule has 2 heterocycles. The van der Waals surface area contributed by atoms with Crippen molar-refractivity contribution in [1.82, 2.24) is 10.2 Å². The largest absolute Gasteiger partial charge is 0.379 e. The summed E-state index contributed by atoms with van der Waals surface area (Å²) in [4.78, 5) is 26.2. The smallest absolute Gasteiger partial charge is 0.251 e. The molecule has 1 atom stereocenters. The second kappa shape index (κ2) is 7.55. The minimum Gasteiger partial charge on any atom is -0.379 e. The van der Waals surface area contributed by atoms with Crippen molar-refractivity contribution in [2.45, 2.75) is 12.0 Å². The predicted molar refractivity (Wildman–Crippen MR) is 94.4 cm³/mol. The van der Waals surface area contributed by atoms with Crippen LogP contribution >= 0.6 is 11.8 Å². The van der Waals surface area contributed by atoms with Crippen LogP contribution in [-0.2, 0) is 4.74 Å². The zero-order valence-electron chi connectivity index (χ0n) is 13.6. The van der Waals surface area contributed by atoms with Gasteiger partial charge in [-0.1, -0.05) is 6.07 Å². The molecule has 2 aliphatic heterocycles. The molecule has 2 amide bonds. The third kappa shape index (κ3) is 3.74. The molecule has 0 radical (unpaired) electrons. The molecule has 1 aromatic rings. The summed E-state index contributed by atoms with van der Waals surface area (Å²) in [6.07, 6.45) is 1.07. The minimum atomic E-state index is -0.526. The molecule has 3 rings (SSSR count). The Kier molecular flexibility index (Phi) is 5.43. The van der Waals surface area contributed by atoms with Gasteiger partial charge in [0.15, 0.2) is 0 Å². The molecule has 0 saturated carbocycles. The zero-order valence-corrected chi connectivity index (χ0v) is 14.4. The van der Waals surface area contributed by atoms with Gasteiger partial charge in [-0.3, -0.25) is 14.5 Å². The van der Waals surface area contributed by atoms with Crippen molar-refractivity contribution in [3.05, 3.63) is 35.4 Å². The van der Waals surface area contributed by atoms with E-state index < -0.39 is 5.91 Å². The van der Waals surface area contributed by atoms with Crippen molar-refractivity contribution in [2.75, 3.05) is 44.4 Å². The third-order valence-corrected chi connectivity index (χ3v) is 5.99. The first-order valence-electron chi connectivity index (χ1n) is 8.19. The van der Waals surface area contributed by atoms with Crippen molar-refractivity contribution in [3.63, 3.8) is 0 Å². The van der Waals surface area contributed by atoms with E-state index in [0.29, 0.717) is 17.7 Å². The van der Waals surface area contributed by atoms with Gasteiger partial charge in [0.2, 0.25) is 5.91 Å². The maximum Gasteiger partial charge on any atom is 0.251 e. The lowest BCUT2D eigenvalue weighted by Gasteiger charge is -2.43. The highest BCUT2D eigenvalue weighted by atomic mass is 32.2. The molecule has 2 aliphatic rings. The number of morpholine rings is 1. The van der Waals surface area contributed by atoms with Gasteiger partial charge < -0.3 is 15.8 Å². The second-order valence-electron chi connectivity index (χ2n) is 6.25. The SMILES string of the molecule is NC(=O)c1cccc(C(=O)NCC2(N3CCOCC3)CCSC2)c1. The van der Waals surface area contributed by atoms with Gasteiger partial charge in [0.25, 0.3) is 5.91 Å². The number of ether oxygens (including phenoxy) is 1. The van der Waals surface area contributed by atoms with Gasteiger partial charge >= 0.3 is 0 Å². The fourth-order valence-corrected chi connectivity index (χ4v) is 4.77. The number of thioether (sulfide) groups is 1. The van der Waals surface area contributed by atoms with Crippen LogP contribution in [0, 0.1) is 0 Å². The van der Waals surface area contributed by atoms with Crippen LogP contribution in [0.1, 0.15) is 27.1 Å².